The molecule has 120 valence electrons. The number of nitrogens with zero attached hydrogens (tertiary/aromatic N) is 1. The molecule has 0 saturated heterocycles. The van der Waals surface area contributed by atoms with E-state index in [1.54, 1.807) is 31.3 Å². The number of rotatable bonds is 6. The lowest BCUT2D eigenvalue weighted by Crippen LogP contribution is -2.44. The van der Waals surface area contributed by atoms with Crippen LogP contribution in [0.2, 0.25) is 0 Å². The van der Waals surface area contributed by atoms with Gasteiger partial charge < -0.3 is 10.5 Å². The summed E-state index contributed by atoms with van der Waals surface area (Å²) in [6, 6.07) is 6.86. The molecule has 0 bridgehead atoms. The molecular formula is C15H26N2O3S. The van der Waals surface area contributed by atoms with E-state index in [1.807, 2.05) is 27.7 Å². The fraction of sp³-hybridized carbons (Fsp3) is 0.600. The molecule has 1 aromatic rings. The first kappa shape index (κ1) is 17.8. The van der Waals surface area contributed by atoms with Gasteiger partial charge >= 0.3 is 0 Å². The van der Waals surface area contributed by atoms with Gasteiger partial charge in [0.1, 0.15) is 12.4 Å². The minimum absolute atomic E-state index is 0.0568. The minimum atomic E-state index is -3.35. The highest BCUT2D eigenvalue weighted by molar-refractivity contribution is 7.89. The van der Waals surface area contributed by atoms with Gasteiger partial charge in [0.2, 0.25) is 10.0 Å². The molecule has 2 N–H and O–H groups in total. The van der Waals surface area contributed by atoms with E-state index in [-0.39, 0.29) is 23.8 Å². The van der Waals surface area contributed by atoms with Crippen molar-refractivity contribution in [2.24, 2.45) is 5.41 Å². The number of ether oxygens (including phenoxy) is 1. The largest absolute Gasteiger partial charge is 0.492 e. The molecule has 0 aliphatic heterocycles. The normalized spacial score (nSPS) is 14.2. The first-order valence-electron chi connectivity index (χ1n) is 6.98. The van der Waals surface area contributed by atoms with E-state index in [1.165, 1.54) is 4.31 Å². The summed E-state index contributed by atoms with van der Waals surface area (Å²) in [5.74, 6) is 0.523. The highest BCUT2D eigenvalue weighted by atomic mass is 32.2. The molecule has 1 atom stereocenters. The van der Waals surface area contributed by atoms with Crippen molar-refractivity contribution < 1.29 is 13.2 Å². The van der Waals surface area contributed by atoms with Crippen molar-refractivity contribution in [1.29, 1.82) is 0 Å². The molecular weight excluding hydrogens is 288 g/mol. The summed E-state index contributed by atoms with van der Waals surface area (Å²) >= 11 is 0. The zero-order chi connectivity index (χ0) is 16.3. The van der Waals surface area contributed by atoms with E-state index in [9.17, 15) is 8.42 Å². The number of nitrogens with two attached hydrogens (primary N) is 1. The quantitative estimate of drug-likeness (QED) is 0.818. The molecule has 1 rings (SSSR count). The Bertz CT molecular complexity index is 565. The molecule has 0 spiro atoms. The monoisotopic (exact) mass is 314 g/mol. The second kappa shape index (κ2) is 6.66. The summed E-state index contributed by atoms with van der Waals surface area (Å²) < 4.78 is 31.5. The van der Waals surface area contributed by atoms with E-state index in [4.69, 9.17) is 10.5 Å². The third kappa shape index (κ3) is 5.21. The summed E-state index contributed by atoms with van der Waals surface area (Å²) in [7, 11) is -1.73. The molecule has 0 amide bonds. The standard InChI is InChI=1S/C15H26N2O3S/c1-12(15(2,3)4)17(5)21(18,19)10-9-20-14-8-6-7-13(16)11-14/h6-8,11-12H,9-10,16H2,1-5H3. The van der Waals surface area contributed by atoms with Crippen LogP contribution in [0.25, 0.3) is 0 Å². The molecule has 0 aliphatic rings. The van der Waals surface area contributed by atoms with E-state index in [2.05, 4.69) is 0 Å². The maximum Gasteiger partial charge on any atom is 0.217 e. The van der Waals surface area contributed by atoms with Gasteiger partial charge in [0.25, 0.3) is 0 Å². The Hall–Kier alpha value is -1.27. The molecule has 0 aromatic heterocycles. The zero-order valence-corrected chi connectivity index (χ0v) is 14.3. The van der Waals surface area contributed by atoms with Gasteiger partial charge in [0.15, 0.2) is 0 Å². The highest BCUT2D eigenvalue weighted by Gasteiger charge is 2.31. The lowest BCUT2D eigenvalue weighted by molar-refractivity contribution is 0.215. The minimum Gasteiger partial charge on any atom is -0.492 e. The van der Waals surface area contributed by atoms with Gasteiger partial charge in [-0.2, -0.15) is 0 Å². The Morgan fingerprint density at radius 3 is 2.48 bits per heavy atom. The fourth-order valence-corrected chi connectivity index (χ4v) is 3.18. The first-order valence-corrected chi connectivity index (χ1v) is 8.59. The van der Waals surface area contributed by atoms with Gasteiger partial charge in [-0.3, -0.25) is 0 Å². The Kier molecular flexibility index (Phi) is 5.64. The predicted octanol–water partition coefficient (Wildman–Crippen LogP) is 2.34. The van der Waals surface area contributed by atoms with Crippen molar-refractivity contribution in [2.75, 3.05) is 25.1 Å². The van der Waals surface area contributed by atoms with Crippen LogP contribution in [-0.4, -0.2) is 38.2 Å². The van der Waals surface area contributed by atoms with Gasteiger partial charge in [-0.1, -0.05) is 26.8 Å². The van der Waals surface area contributed by atoms with Gasteiger partial charge in [-0.05, 0) is 24.5 Å². The van der Waals surface area contributed by atoms with Gasteiger partial charge in [-0.15, -0.1) is 0 Å². The van der Waals surface area contributed by atoms with E-state index in [0.717, 1.165) is 0 Å². The average Bonchev–Trinajstić information content (AvgIpc) is 2.35. The second-order valence-electron chi connectivity index (χ2n) is 6.30. The second-order valence-corrected chi connectivity index (χ2v) is 8.44. The average molecular weight is 314 g/mol. The van der Waals surface area contributed by atoms with Crippen LogP contribution in [0.4, 0.5) is 5.69 Å². The Balaban J connectivity index is 2.61. The van der Waals surface area contributed by atoms with Crippen LogP contribution in [0.3, 0.4) is 0 Å². The van der Waals surface area contributed by atoms with E-state index >= 15 is 0 Å². The van der Waals surface area contributed by atoms with Gasteiger partial charge in [0.05, 0.1) is 5.75 Å². The molecule has 1 unspecified atom stereocenters. The molecule has 0 radical (unpaired) electrons. The molecule has 0 saturated carbocycles. The number of hydrogen-bond acceptors (Lipinski definition) is 4. The van der Waals surface area contributed by atoms with Gasteiger partial charge in [-0.25, -0.2) is 12.7 Å². The van der Waals surface area contributed by atoms with Crippen LogP contribution >= 0.6 is 0 Å². The smallest absolute Gasteiger partial charge is 0.217 e. The highest BCUT2D eigenvalue weighted by Crippen LogP contribution is 2.25. The molecule has 0 heterocycles. The van der Waals surface area contributed by atoms with Crippen LogP contribution in [0.1, 0.15) is 27.7 Å². The number of anilines is 1. The third-order valence-corrected chi connectivity index (χ3v) is 5.58. The number of hydrogen-bond donors (Lipinski definition) is 1. The summed E-state index contributed by atoms with van der Waals surface area (Å²) in [6.45, 7) is 8.08. The van der Waals surface area contributed by atoms with Crippen molar-refractivity contribution >= 4 is 15.7 Å². The summed E-state index contributed by atoms with van der Waals surface area (Å²) in [5.41, 5.74) is 6.12. The van der Waals surface area contributed by atoms with Gasteiger partial charge in [0, 0.05) is 24.8 Å². The molecule has 6 heteroatoms. The first-order chi connectivity index (χ1) is 9.54. The van der Waals surface area contributed by atoms with Crippen molar-refractivity contribution in [3.8, 4) is 5.75 Å². The molecule has 0 fully saturated rings. The topological polar surface area (TPSA) is 72.6 Å². The maximum atomic E-state index is 12.3. The summed E-state index contributed by atoms with van der Waals surface area (Å²) in [6.07, 6.45) is 0. The molecule has 5 nitrogen and oxygen atoms in total. The van der Waals surface area contributed by atoms with Crippen LogP contribution in [0, 0.1) is 5.41 Å². The zero-order valence-electron chi connectivity index (χ0n) is 13.5. The summed E-state index contributed by atoms with van der Waals surface area (Å²) in [5, 5.41) is 0. The van der Waals surface area contributed by atoms with E-state index < -0.39 is 10.0 Å². The van der Waals surface area contributed by atoms with Crippen LogP contribution in [-0.2, 0) is 10.0 Å². The Morgan fingerprint density at radius 1 is 1.33 bits per heavy atom. The summed E-state index contributed by atoms with van der Waals surface area (Å²) in [4.78, 5) is 0. The van der Waals surface area contributed by atoms with Crippen molar-refractivity contribution in [3.05, 3.63) is 24.3 Å². The molecule has 0 aliphatic carbocycles. The predicted molar refractivity (Wildman–Crippen MR) is 86.8 cm³/mol. The Morgan fingerprint density at radius 2 is 1.95 bits per heavy atom. The number of nitrogen functional groups attached to an aromatic ring is 1. The lowest BCUT2D eigenvalue weighted by Gasteiger charge is -2.34. The fourth-order valence-electron chi connectivity index (χ4n) is 1.80. The van der Waals surface area contributed by atoms with E-state index in [0.29, 0.717) is 11.4 Å². The van der Waals surface area contributed by atoms with Crippen molar-refractivity contribution in [1.82, 2.24) is 4.31 Å². The maximum absolute atomic E-state index is 12.3. The number of benzene rings is 1. The number of sulfonamides is 1. The SMILES string of the molecule is CC(N(C)S(=O)(=O)CCOc1cccc(N)c1)C(C)(C)C. The molecule has 1 aromatic carbocycles. The third-order valence-electron chi connectivity index (χ3n) is 3.71. The Labute approximate surface area is 128 Å². The molecule has 21 heavy (non-hydrogen) atoms. The lowest BCUT2D eigenvalue weighted by atomic mass is 9.88. The van der Waals surface area contributed by atoms with Crippen molar-refractivity contribution in [2.45, 2.75) is 33.7 Å². The van der Waals surface area contributed by atoms with Crippen LogP contribution in [0.15, 0.2) is 24.3 Å². The van der Waals surface area contributed by atoms with Crippen LogP contribution < -0.4 is 10.5 Å². The van der Waals surface area contributed by atoms with Crippen LogP contribution in [0.5, 0.6) is 5.75 Å². The van der Waals surface area contributed by atoms with Crippen molar-refractivity contribution in [3.63, 3.8) is 0 Å².